The van der Waals surface area contributed by atoms with Gasteiger partial charge in [-0.25, -0.2) is 0 Å². The molecule has 2 rings (SSSR count). The number of nitrogens with one attached hydrogen (secondary N) is 1. The van der Waals surface area contributed by atoms with Gasteiger partial charge in [0.05, 0.1) is 15.6 Å². The molecule has 0 amide bonds. The van der Waals surface area contributed by atoms with Gasteiger partial charge in [-0.1, -0.05) is 18.5 Å². The Bertz CT molecular complexity index is 458. The summed E-state index contributed by atoms with van der Waals surface area (Å²) in [7, 11) is 0. The van der Waals surface area contributed by atoms with Gasteiger partial charge in [0.2, 0.25) is 0 Å². The van der Waals surface area contributed by atoms with Crippen LogP contribution in [0.15, 0.2) is 18.2 Å². The minimum atomic E-state index is -0.443. The number of nitro benzene ring substituents is 1. The van der Waals surface area contributed by atoms with Crippen LogP contribution >= 0.6 is 11.6 Å². The minimum Gasteiger partial charge on any atom is -0.381 e. The van der Waals surface area contributed by atoms with Crippen LogP contribution in [0.4, 0.5) is 11.4 Å². The quantitative estimate of drug-likeness (QED) is 0.656. The monoisotopic (exact) mass is 254 g/mol. The Labute approximate surface area is 105 Å². The van der Waals surface area contributed by atoms with Crippen molar-refractivity contribution in [1.82, 2.24) is 0 Å². The van der Waals surface area contributed by atoms with E-state index in [1.807, 2.05) is 0 Å². The Balaban J connectivity index is 2.14. The smallest absolute Gasteiger partial charge is 0.271 e. The summed E-state index contributed by atoms with van der Waals surface area (Å²) in [6.07, 6.45) is 2.43. The van der Waals surface area contributed by atoms with Gasteiger partial charge >= 0.3 is 0 Å². The second kappa shape index (κ2) is 4.18. The third kappa shape index (κ3) is 2.52. The van der Waals surface area contributed by atoms with Crippen LogP contribution in [0.3, 0.4) is 0 Å². The Hall–Kier alpha value is -1.29. The molecule has 0 saturated heterocycles. The normalized spacial score (nSPS) is 18.5. The van der Waals surface area contributed by atoms with Gasteiger partial charge in [-0.2, -0.15) is 0 Å². The second-order valence-electron chi connectivity index (χ2n) is 4.94. The Morgan fingerprint density at radius 3 is 2.65 bits per heavy atom. The number of benzene rings is 1. The van der Waals surface area contributed by atoms with E-state index in [9.17, 15) is 10.1 Å². The first-order valence-corrected chi connectivity index (χ1v) is 6.01. The van der Waals surface area contributed by atoms with Crippen molar-refractivity contribution in [3.05, 3.63) is 33.3 Å². The van der Waals surface area contributed by atoms with E-state index in [0.717, 1.165) is 5.69 Å². The molecular formula is C12H15ClN2O2. The molecule has 92 valence electrons. The molecule has 0 radical (unpaired) electrons. The van der Waals surface area contributed by atoms with Crippen molar-refractivity contribution in [3.8, 4) is 0 Å². The van der Waals surface area contributed by atoms with Gasteiger partial charge in [-0.3, -0.25) is 10.1 Å². The van der Waals surface area contributed by atoms with E-state index < -0.39 is 4.92 Å². The van der Waals surface area contributed by atoms with Gasteiger partial charge in [0.25, 0.3) is 5.69 Å². The molecule has 1 aromatic carbocycles. The lowest BCUT2D eigenvalue weighted by Gasteiger charge is -2.22. The Morgan fingerprint density at radius 1 is 1.53 bits per heavy atom. The predicted molar refractivity (Wildman–Crippen MR) is 68.5 cm³/mol. The number of nitro groups is 1. The van der Waals surface area contributed by atoms with Gasteiger partial charge in [0.15, 0.2) is 0 Å². The molecule has 4 nitrogen and oxygen atoms in total. The van der Waals surface area contributed by atoms with E-state index in [4.69, 9.17) is 11.6 Å². The molecule has 0 bridgehead atoms. The first-order valence-electron chi connectivity index (χ1n) is 5.63. The highest BCUT2D eigenvalue weighted by atomic mass is 35.5. The van der Waals surface area contributed by atoms with Gasteiger partial charge in [-0.05, 0) is 31.2 Å². The average molecular weight is 255 g/mol. The minimum absolute atomic E-state index is 0.0193. The van der Waals surface area contributed by atoms with Gasteiger partial charge in [-0.15, -0.1) is 0 Å². The third-order valence-electron chi connectivity index (χ3n) is 3.62. The summed E-state index contributed by atoms with van der Waals surface area (Å²) in [6.45, 7) is 4.34. The van der Waals surface area contributed by atoms with E-state index in [2.05, 4.69) is 19.2 Å². The Morgan fingerprint density at radius 2 is 2.18 bits per heavy atom. The van der Waals surface area contributed by atoms with Crippen molar-refractivity contribution in [1.29, 1.82) is 0 Å². The van der Waals surface area contributed by atoms with E-state index in [1.165, 1.54) is 25.0 Å². The van der Waals surface area contributed by atoms with Crippen LogP contribution in [0, 0.1) is 15.5 Å². The zero-order chi connectivity index (χ0) is 12.6. The van der Waals surface area contributed by atoms with Gasteiger partial charge in [0, 0.05) is 18.2 Å². The highest BCUT2D eigenvalue weighted by Gasteiger charge is 2.42. The SMILES string of the molecule is CC(Nc1ccc([N+](=O)[O-])cc1Cl)C1(C)CC1. The zero-order valence-electron chi connectivity index (χ0n) is 9.87. The Kier molecular flexibility index (Phi) is 3.00. The molecule has 0 aliphatic heterocycles. The third-order valence-corrected chi connectivity index (χ3v) is 3.93. The fourth-order valence-corrected chi connectivity index (χ4v) is 2.00. The van der Waals surface area contributed by atoms with Gasteiger partial charge in [0.1, 0.15) is 0 Å². The molecule has 1 atom stereocenters. The number of anilines is 1. The topological polar surface area (TPSA) is 55.2 Å². The van der Waals surface area contributed by atoms with E-state index in [1.54, 1.807) is 6.07 Å². The van der Waals surface area contributed by atoms with E-state index in [-0.39, 0.29) is 5.69 Å². The van der Waals surface area contributed by atoms with Crippen molar-refractivity contribution in [2.75, 3.05) is 5.32 Å². The molecule has 1 aliphatic carbocycles. The summed E-state index contributed by atoms with van der Waals surface area (Å²) in [5.41, 5.74) is 1.12. The molecule has 1 saturated carbocycles. The summed E-state index contributed by atoms with van der Waals surface area (Å²) in [5.74, 6) is 0. The maximum Gasteiger partial charge on any atom is 0.271 e. The molecule has 5 heteroatoms. The van der Waals surface area contributed by atoms with Gasteiger partial charge < -0.3 is 5.32 Å². The maximum absolute atomic E-state index is 10.6. The molecule has 0 spiro atoms. The largest absolute Gasteiger partial charge is 0.381 e. The van der Waals surface area contributed by atoms with Crippen molar-refractivity contribution >= 4 is 23.0 Å². The molecule has 1 fully saturated rings. The molecular weight excluding hydrogens is 240 g/mol. The van der Waals surface area contributed by atoms with Crippen molar-refractivity contribution < 1.29 is 4.92 Å². The van der Waals surface area contributed by atoms with Crippen LogP contribution in [0.1, 0.15) is 26.7 Å². The summed E-state index contributed by atoms with van der Waals surface area (Å²) >= 11 is 6.02. The molecule has 17 heavy (non-hydrogen) atoms. The summed E-state index contributed by atoms with van der Waals surface area (Å²) in [6, 6.07) is 4.84. The fraction of sp³-hybridized carbons (Fsp3) is 0.500. The number of halogens is 1. The molecule has 1 unspecified atom stereocenters. The lowest BCUT2D eigenvalue weighted by Crippen LogP contribution is -2.25. The second-order valence-corrected chi connectivity index (χ2v) is 5.35. The van der Waals surface area contributed by atoms with Crippen LogP contribution < -0.4 is 5.32 Å². The van der Waals surface area contributed by atoms with Crippen LogP contribution in [-0.4, -0.2) is 11.0 Å². The first-order chi connectivity index (χ1) is 7.92. The average Bonchev–Trinajstić information content (AvgIpc) is 3.00. The number of non-ortho nitro benzene ring substituents is 1. The highest BCUT2D eigenvalue weighted by molar-refractivity contribution is 6.33. The number of rotatable bonds is 4. The van der Waals surface area contributed by atoms with E-state index in [0.29, 0.717) is 16.5 Å². The number of hydrogen-bond donors (Lipinski definition) is 1. The van der Waals surface area contributed by atoms with Crippen molar-refractivity contribution in [3.63, 3.8) is 0 Å². The summed E-state index contributed by atoms with van der Waals surface area (Å²) in [4.78, 5) is 10.1. The van der Waals surface area contributed by atoms with Crippen LogP contribution in [0.25, 0.3) is 0 Å². The molecule has 1 aromatic rings. The zero-order valence-corrected chi connectivity index (χ0v) is 10.6. The first kappa shape index (κ1) is 12.2. The number of nitrogens with zero attached hydrogens (tertiary/aromatic N) is 1. The maximum atomic E-state index is 10.6. The van der Waals surface area contributed by atoms with Crippen molar-refractivity contribution in [2.24, 2.45) is 5.41 Å². The lowest BCUT2D eigenvalue weighted by molar-refractivity contribution is -0.384. The predicted octanol–water partition coefficient (Wildman–Crippen LogP) is 3.85. The molecule has 1 aliphatic rings. The molecule has 1 N–H and O–H groups in total. The summed E-state index contributed by atoms with van der Waals surface area (Å²) in [5, 5.41) is 14.3. The number of hydrogen-bond acceptors (Lipinski definition) is 3. The fourth-order valence-electron chi connectivity index (χ4n) is 1.77. The van der Waals surface area contributed by atoms with Crippen LogP contribution in [-0.2, 0) is 0 Å². The van der Waals surface area contributed by atoms with E-state index >= 15 is 0 Å². The summed E-state index contributed by atoms with van der Waals surface area (Å²) < 4.78 is 0. The highest BCUT2D eigenvalue weighted by Crippen LogP contribution is 2.49. The van der Waals surface area contributed by atoms with Crippen LogP contribution in [0.2, 0.25) is 5.02 Å². The standard InChI is InChI=1S/C12H15ClN2O2/c1-8(12(2)5-6-12)14-11-4-3-9(15(16)17)7-10(11)13/h3-4,7-8,14H,5-6H2,1-2H3. The van der Waals surface area contributed by atoms with Crippen LogP contribution in [0.5, 0.6) is 0 Å². The lowest BCUT2D eigenvalue weighted by atomic mass is 10.0. The van der Waals surface area contributed by atoms with Crippen molar-refractivity contribution in [2.45, 2.75) is 32.7 Å². The molecule has 0 aromatic heterocycles. The molecule has 0 heterocycles.